The number of nitrogens with one attached hydrogen (secondary N) is 1. The van der Waals surface area contributed by atoms with Crippen LogP contribution in [0, 0.1) is 0 Å². The summed E-state index contributed by atoms with van der Waals surface area (Å²) in [5.74, 6) is 1.94. The maximum atomic E-state index is 13.0. The van der Waals surface area contributed by atoms with Gasteiger partial charge in [-0.2, -0.15) is 0 Å². The molecule has 1 N–H and O–H groups in total. The van der Waals surface area contributed by atoms with Crippen molar-refractivity contribution in [3.05, 3.63) is 84.2 Å². The smallest absolute Gasteiger partial charge is 0.255 e. The Kier molecular flexibility index (Phi) is 5.98. The normalized spacial score (nSPS) is 19.1. The van der Waals surface area contributed by atoms with Crippen LogP contribution in [-0.4, -0.2) is 66.6 Å². The predicted octanol–water partition coefficient (Wildman–Crippen LogP) is 2.59. The summed E-state index contributed by atoms with van der Waals surface area (Å²) in [6, 6.07) is 20.6. The topological polar surface area (TPSA) is 64.6 Å². The number of piperazine rings is 2. The number of anilines is 2. The Bertz CT molecular complexity index is 1020. The Balaban J connectivity index is 1.20. The molecule has 1 amide bonds. The van der Waals surface area contributed by atoms with Crippen molar-refractivity contribution in [1.29, 1.82) is 0 Å². The van der Waals surface area contributed by atoms with E-state index in [1.54, 1.807) is 12.4 Å². The van der Waals surface area contributed by atoms with Gasteiger partial charge < -0.3 is 20.0 Å². The van der Waals surface area contributed by atoms with Gasteiger partial charge in [0.25, 0.3) is 5.91 Å². The monoisotopic (exact) mass is 428 g/mol. The molecule has 0 bridgehead atoms. The fraction of sp³-hybridized carbons (Fsp3) is 0.320. The highest BCUT2D eigenvalue weighted by Gasteiger charge is 2.24. The van der Waals surface area contributed by atoms with Gasteiger partial charge in [0.1, 0.15) is 11.6 Å². The Morgan fingerprint density at radius 3 is 2.31 bits per heavy atom. The lowest BCUT2D eigenvalue weighted by Gasteiger charge is -2.36. The quantitative estimate of drug-likeness (QED) is 0.689. The van der Waals surface area contributed by atoms with Crippen LogP contribution in [0.15, 0.2) is 73.1 Å². The minimum absolute atomic E-state index is 0.0483. The second kappa shape index (κ2) is 9.36. The molecule has 0 saturated carbocycles. The van der Waals surface area contributed by atoms with Crippen molar-refractivity contribution in [2.75, 3.05) is 55.6 Å². The number of hydrogen-bond donors (Lipinski definition) is 1. The van der Waals surface area contributed by atoms with E-state index in [0.717, 1.165) is 44.4 Å². The van der Waals surface area contributed by atoms with Crippen LogP contribution in [0.1, 0.15) is 22.0 Å². The van der Waals surface area contributed by atoms with Crippen LogP contribution in [0.5, 0.6) is 0 Å². The number of nitrogens with zero attached hydrogens (tertiary/aromatic N) is 5. The van der Waals surface area contributed by atoms with Crippen LogP contribution in [0.3, 0.4) is 0 Å². The fourth-order valence-electron chi connectivity index (χ4n) is 4.43. The van der Waals surface area contributed by atoms with Gasteiger partial charge in [-0.1, -0.05) is 36.4 Å². The van der Waals surface area contributed by atoms with Gasteiger partial charge in [-0.3, -0.25) is 4.79 Å². The number of aromatic nitrogens is 2. The van der Waals surface area contributed by atoms with Gasteiger partial charge in [0.2, 0.25) is 0 Å². The number of amides is 1. The SMILES string of the molecule is O=C(c1ccc(N2CCN[C@H](c3ccccc3)C2)nc1)N1CCN(c2ccccn2)CC1. The first kappa shape index (κ1) is 20.5. The summed E-state index contributed by atoms with van der Waals surface area (Å²) in [6.45, 7) is 5.62. The second-order valence-corrected chi connectivity index (χ2v) is 8.24. The van der Waals surface area contributed by atoms with Crippen LogP contribution in [0.25, 0.3) is 0 Å². The lowest BCUT2D eigenvalue weighted by molar-refractivity contribution is 0.0746. The Morgan fingerprint density at radius 2 is 1.59 bits per heavy atom. The molecule has 2 aliphatic heterocycles. The molecule has 1 atom stereocenters. The number of carbonyl (C=O) groups is 1. The van der Waals surface area contributed by atoms with E-state index in [-0.39, 0.29) is 11.9 Å². The zero-order chi connectivity index (χ0) is 21.8. The average Bonchev–Trinajstić information content (AvgIpc) is 2.89. The fourth-order valence-corrected chi connectivity index (χ4v) is 4.43. The van der Waals surface area contributed by atoms with Crippen molar-refractivity contribution in [2.24, 2.45) is 0 Å². The van der Waals surface area contributed by atoms with Gasteiger partial charge in [-0.05, 0) is 29.8 Å². The van der Waals surface area contributed by atoms with Crippen LogP contribution in [-0.2, 0) is 0 Å². The number of pyridine rings is 2. The highest BCUT2D eigenvalue weighted by molar-refractivity contribution is 5.94. The molecular weight excluding hydrogens is 400 g/mol. The molecule has 2 saturated heterocycles. The lowest BCUT2D eigenvalue weighted by atomic mass is 10.0. The Morgan fingerprint density at radius 1 is 0.812 bits per heavy atom. The number of benzene rings is 1. The van der Waals surface area contributed by atoms with Crippen molar-refractivity contribution in [1.82, 2.24) is 20.2 Å². The summed E-state index contributed by atoms with van der Waals surface area (Å²) in [4.78, 5) is 28.5. The number of carbonyl (C=O) groups excluding carboxylic acids is 1. The average molecular weight is 429 g/mol. The van der Waals surface area contributed by atoms with Gasteiger partial charge in [0, 0.05) is 64.2 Å². The highest BCUT2D eigenvalue weighted by Crippen LogP contribution is 2.22. The van der Waals surface area contributed by atoms with Gasteiger partial charge in [-0.15, -0.1) is 0 Å². The van der Waals surface area contributed by atoms with E-state index in [0.29, 0.717) is 18.7 Å². The highest BCUT2D eigenvalue weighted by atomic mass is 16.2. The van der Waals surface area contributed by atoms with E-state index >= 15 is 0 Å². The van der Waals surface area contributed by atoms with Crippen molar-refractivity contribution in [3.8, 4) is 0 Å². The molecule has 2 fully saturated rings. The minimum Gasteiger partial charge on any atom is -0.353 e. The molecule has 0 spiro atoms. The summed E-state index contributed by atoms with van der Waals surface area (Å²) >= 11 is 0. The molecule has 2 aliphatic rings. The largest absolute Gasteiger partial charge is 0.353 e. The molecule has 2 aromatic heterocycles. The summed E-state index contributed by atoms with van der Waals surface area (Å²) in [6.07, 6.45) is 3.53. The molecule has 0 unspecified atom stereocenters. The molecule has 4 heterocycles. The molecule has 0 radical (unpaired) electrons. The van der Waals surface area contributed by atoms with E-state index in [2.05, 4.69) is 49.4 Å². The summed E-state index contributed by atoms with van der Waals surface area (Å²) in [5, 5.41) is 3.58. The predicted molar refractivity (Wildman–Crippen MR) is 126 cm³/mol. The Hall–Kier alpha value is -3.45. The van der Waals surface area contributed by atoms with Crippen molar-refractivity contribution in [3.63, 3.8) is 0 Å². The zero-order valence-corrected chi connectivity index (χ0v) is 18.1. The number of hydrogen-bond acceptors (Lipinski definition) is 6. The Labute approximate surface area is 188 Å². The molecule has 7 nitrogen and oxygen atoms in total. The second-order valence-electron chi connectivity index (χ2n) is 8.24. The van der Waals surface area contributed by atoms with Crippen molar-refractivity contribution < 1.29 is 4.79 Å². The lowest BCUT2D eigenvalue weighted by Crippen LogP contribution is -2.49. The standard InChI is InChI=1S/C25H28N6O/c32-25(30-16-14-29(15-17-30)23-8-4-5-11-27-23)21-9-10-24(28-18-21)31-13-12-26-22(19-31)20-6-2-1-3-7-20/h1-11,18,22,26H,12-17,19H2/t22-/m0/s1. The van der Waals surface area contributed by atoms with Crippen LogP contribution in [0.2, 0.25) is 0 Å². The van der Waals surface area contributed by atoms with E-state index in [1.165, 1.54) is 5.56 Å². The summed E-state index contributed by atoms with van der Waals surface area (Å²) in [5.41, 5.74) is 1.93. The van der Waals surface area contributed by atoms with Crippen LogP contribution in [0.4, 0.5) is 11.6 Å². The maximum Gasteiger partial charge on any atom is 0.255 e. The van der Waals surface area contributed by atoms with E-state index in [4.69, 9.17) is 0 Å². The summed E-state index contributed by atoms with van der Waals surface area (Å²) < 4.78 is 0. The van der Waals surface area contributed by atoms with E-state index < -0.39 is 0 Å². The molecular formula is C25H28N6O. The van der Waals surface area contributed by atoms with Gasteiger partial charge in [-0.25, -0.2) is 9.97 Å². The van der Waals surface area contributed by atoms with Crippen LogP contribution < -0.4 is 15.1 Å². The first-order chi connectivity index (χ1) is 15.8. The molecule has 0 aliphatic carbocycles. The van der Waals surface area contributed by atoms with Crippen molar-refractivity contribution in [2.45, 2.75) is 6.04 Å². The maximum absolute atomic E-state index is 13.0. The van der Waals surface area contributed by atoms with Gasteiger partial charge in [0.05, 0.1) is 5.56 Å². The molecule has 1 aromatic carbocycles. The van der Waals surface area contributed by atoms with Gasteiger partial charge in [0.15, 0.2) is 0 Å². The van der Waals surface area contributed by atoms with Gasteiger partial charge >= 0.3 is 0 Å². The van der Waals surface area contributed by atoms with Crippen molar-refractivity contribution >= 4 is 17.5 Å². The molecule has 32 heavy (non-hydrogen) atoms. The molecule has 164 valence electrons. The zero-order valence-electron chi connectivity index (χ0n) is 18.1. The van der Waals surface area contributed by atoms with E-state index in [9.17, 15) is 4.79 Å². The van der Waals surface area contributed by atoms with E-state index in [1.807, 2.05) is 41.3 Å². The first-order valence-corrected chi connectivity index (χ1v) is 11.2. The first-order valence-electron chi connectivity index (χ1n) is 11.2. The third kappa shape index (κ3) is 4.43. The molecule has 7 heteroatoms. The third-order valence-corrected chi connectivity index (χ3v) is 6.24. The summed E-state index contributed by atoms with van der Waals surface area (Å²) in [7, 11) is 0. The van der Waals surface area contributed by atoms with Crippen LogP contribution >= 0.6 is 0 Å². The third-order valence-electron chi connectivity index (χ3n) is 6.24. The molecule has 5 rings (SSSR count). The minimum atomic E-state index is 0.0483. The number of rotatable bonds is 4. The molecule has 3 aromatic rings.